The molecule has 0 atom stereocenters. The van der Waals surface area contributed by atoms with Crippen LogP contribution < -0.4 is 10.3 Å². The third-order valence-electron chi connectivity index (χ3n) is 3.84. The monoisotopic (exact) mass is 298 g/mol. The zero-order valence-electron chi connectivity index (χ0n) is 12.2. The summed E-state index contributed by atoms with van der Waals surface area (Å²) in [6.07, 6.45) is 2.71. The third kappa shape index (κ3) is 3.19. The minimum absolute atomic E-state index is 0.0573. The Hall–Kier alpha value is -2.56. The van der Waals surface area contributed by atoms with E-state index in [1.165, 1.54) is 11.1 Å². The number of aromatic nitrogens is 1. The van der Waals surface area contributed by atoms with Crippen molar-refractivity contribution in [3.8, 4) is 5.75 Å². The molecule has 1 aliphatic rings. The first-order valence-corrected chi connectivity index (χ1v) is 7.39. The summed E-state index contributed by atoms with van der Waals surface area (Å²) >= 11 is 0. The molecule has 1 aromatic heterocycles. The highest BCUT2D eigenvalue weighted by atomic mass is 16.5. The number of carbonyl (C=O) groups is 1. The second-order valence-corrected chi connectivity index (χ2v) is 5.30. The molecule has 1 aliphatic heterocycles. The number of ether oxygens (including phenoxy) is 1. The predicted octanol–water partition coefficient (Wildman–Crippen LogP) is 1.73. The van der Waals surface area contributed by atoms with E-state index < -0.39 is 0 Å². The van der Waals surface area contributed by atoms with Crippen molar-refractivity contribution in [3.05, 3.63) is 64.1 Å². The van der Waals surface area contributed by atoms with Crippen LogP contribution in [0.5, 0.6) is 5.75 Å². The van der Waals surface area contributed by atoms with Gasteiger partial charge in [0, 0.05) is 19.3 Å². The lowest BCUT2D eigenvalue weighted by Gasteiger charge is -2.28. The molecule has 0 radical (unpaired) electrons. The van der Waals surface area contributed by atoms with Gasteiger partial charge in [0.2, 0.25) is 5.91 Å². The van der Waals surface area contributed by atoms with E-state index in [9.17, 15) is 9.59 Å². The molecule has 2 aromatic rings. The van der Waals surface area contributed by atoms with Gasteiger partial charge in [-0.15, -0.1) is 0 Å². The molecule has 0 saturated heterocycles. The molecule has 1 N–H and O–H groups in total. The fourth-order valence-electron chi connectivity index (χ4n) is 2.63. The van der Waals surface area contributed by atoms with Gasteiger partial charge in [-0.2, -0.15) is 0 Å². The highest BCUT2D eigenvalue weighted by Gasteiger charge is 2.20. The maximum absolute atomic E-state index is 12.2. The highest BCUT2D eigenvalue weighted by Crippen LogP contribution is 2.18. The number of H-pyrrole nitrogens is 1. The molecule has 22 heavy (non-hydrogen) atoms. The number of benzene rings is 1. The molecule has 0 saturated carbocycles. The Balaban J connectivity index is 1.53. The van der Waals surface area contributed by atoms with Crippen LogP contribution in [0.15, 0.2) is 47.4 Å². The predicted molar refractivity (Wildman–Crippen MR) is 82.7 cm³/mol. The number of hydrogen-bond donors (Lipinski definition) is 1. The Labute approximate surface area is 128 Å². The minimum Gasteiger partial charge on any atom is -0.487 e. The molecular weight excluding hydrogens is 280 g/mol. The Kier molecular flexibility index (Phi) is 4.23. The Morgan fingerprint density at radius 3 is 2.82 bits per heavy atom. The van der Waals surface area contributed by atoms with E-state index in [0.717, 1.165) is 13.0 Å². The van der Waals surface area contributed by atoms with E-state index in [0.29, 0.717) is 6.54 Å². The van der Waals surface area contributed by atoms with Crippen LogP contribution in [-0.2, 0) is 17.8 Å². The van der Waals surface area contributed by atoms with Crippen molar-refractivity contribution >= 4 is 5.91 Å². The number of nitrogens with one attached hydrogen (secondary N) is 1. The zero-order chi connectivity index (χ0) is 15.4. The number of rotatable bonds is 4. The highest BCUT2D eigenvalue weighted by molar-refractivity contribution is 5.76. The fourth-order valence-corrected chi connectivity index (χ4v) is 2.63. The molecule has 0 spiro atoms. The molecule has 1 amide bonds. The molecule has 0 fully saturated rings. The summed E-state index contributed by atoms with van der Waals surface area (Å²) in [5.41, 5.74) is 2.25. The topological polar surface area (TPSA) is 62.4 Å². The average Bonchev–Trinajstić information content (AvgIpc) is 2.56. The summed E-state index contributed by atoms with van der Waals surface area (Å²) in [7, 11) is 0. The van der Waals surface area contributed by atoms with E-state index in [4.69, 9.17) is 4.74 Å². The van der Waals surface area contributed by atoms with Crippen LogP contribution in [0.2, 0.25) is 0 Å². The second kappa shape index (κ2) is 6.47. The van der Waals surface area contributed by atoms with Crippen molar-refractivity contribution in [1.29, 1.82) is 0 Å². The maximum atomic E-state index is 12.2. The van der Waals surface area contributed by atoms with Crippen LogP contribution in [0, 0.1) is 0 Å². The first-order chi connectivity index (χ1) is 10.7. The first kappa shape index (κ1) is 14.4. The van der Waals surface area contributed by atoms with Crippen LogP contribution in [0.4, 0.5) is 0 Å². The average molecular weight is 298 g/mol. The Morgan fingerprint density at radius 2 is 2.00 bits per heavy atom. The number of amides is 1. The molecule has 3 rings (SSSR count). The van der Waals surface area contributed by atoms with Gasteiger partial charge in [-0.1, -0.05) is 24.3 Å². The van der Waals surface area contributed by atoms with Gasteiger partial charge < -0.3 is 14.6 Å². The van der Waals surface area contributed by atoms with Gasteiger partial charge in [0.25, 0.3) is 5.56 Å². The van der Waals surface area contributed by atoms with Crippen molar-refractivity contribution in [1.82, 2.24) is 9.88 Å². The molecule has 5 heteroatoms. The van der Waals surface area contributed by atoms with E-state index in [1.54, 1.807) is 18.3 Å². The summed E-state index contributed by atoms with van der Waals surface area (Å²) in [6, 6.07) is 11.5. The van der Waals surface area contributed by atoms with E-state index in [2.05, 4.69) is 17.1 Å². The summed E-state index contributed by atoms with van der Waals surface area (Å²) in [6.45, 7) is 1.60. The summed E-state index contributed by atoms with van der Waals surface area (Å²) in [5, 5.41) is 0. The van der Waals surface area contributed by atoms with Gasteiger partial charge in [-0.25, -0.2) is 0 Å². The fraction of sp³-hybridized carbons (Fsp3) is 0.294. The molecule has 2 heterocycles. The second-order valence-electron chi connectivity index (χ2n) is 5.30. The standard InChI is InChI=1S/C17H18N2O3/c20-16(8-11-22-15-6-3-9-18-17(15)21)19-10-7-13-4-1-2-5-14(13)12-19/h1-6,9H,7-8,10-12H2,(H,18,21). The summed E-state index contributed by atoms with van der Waals surface area (Å²) in [5.74, 6) is 0.307. The van der Waals surface area contributed by atoms with Crippen LogP contribution in [0.3, 0.4) is 0 Å². The van der Waals surface area contributed by atoms with Crippen molar-refractivity contribution < 1.29 is 9.53 Å². The van der Waals surface area contributed by atoms with E-state index in [1.807, 2.05) is 17.0 Å². The Morgan fingerprint density at radius 1 is 1.18 bits per heavy atom. The van der Waals surface area contributed by atoms with Crippen LogP contribution in [0.25, 0.3) is 0 Å². The number of pyridine rings is 1. The molecule has 5 nitrogen and oxygen atoms in total. The lowest BCUT2D eigenvalue weighted by atomic mass is 10.00. The molecule has 114 valence electrons. The number of nitrogens with zero attached hydrogens (tertiary/aromatic N) is 1. The normalized spacial score (nSPS) is 13.5. The SMILES string of the molecule is O=C(CCOc1ccc[nH]c1=O)N1CCc2ccccc2C1. The van der Waals surface area contributed by atoms with Gasteiger partial charge in [0.05, 0.1) is 13.0 Å². The smallest absolute Gasteiger partial charge is 0.290 e. The summed E-state index contributed by atoms with van der Waals surface area (Å²) < 4.78 is 5.38. The zero-order valence-corrected chi connectivity index (χ0v) is 12.2. The van der Waals surface area contributed by atoms with Gasteiger partial charge in [-0.05, 0) is 29.7 Å². The Bertz CT molecular complexity index is 724. The minimum atomic E-state index is -0.276. The number of fused-ring (bicyclic) bond motifs is 1. The third-order valence-corrected chi connectivity index (χ3v) is 3.84. The van der Waals surface area contributed by atoms with Gasteiger partial charge >= 0.3 is 0 Å². The van der Waals surface area contributed by atoms with Crippen molar-refractivity contribution in [2.24, 2.45) is 0 Å². The maximum Gasteiger partial charge on any atom is 0.290 e. The van der Waals surface area contributed by atoms with Crippen molar-refractivity contribution in [2.45, 2.75) is 19.4 Å². The lowest BCUT2D eigenvalue weighted by molar-refractivity contribution is -0.132. The molecule has 1 aromatic carbocycles. The van der Waals surface area contributed by atoms with Gasteiger partial charge in [0.1, 0.15) is 0 Å². The van der Waals surface area contributed by atoms with Crippen LogP contribution in [-0.4, -0.2) is 28.9 Å². The molecule has 0 aliphatic carbocycles. The molecule has 0 bridgehead atoms. The van der Waals surface area contributed by atoms with E-state index in [-0.39, 0.29) is 30.2 Å². The van der Waals surface area contributed by atoms with Gasteiger partial charge in [-0.3, -0.25) is 9.59 Å². The van der Waals surface area contributed by atoms with E-state index >= 15 is 0 Å². The number of hydrogen-bond acceptors (Lipinski definition) is 3. The van der Waals surface area contributed by atoms with Gasteiger partial charge in [0.15, 0.2) is 5.75 Å². The lowest BCUT2D eigenvalue weighted by Crippen LogP contribution is -2.36. The van der Waals surface area contributed by atoms with Crippen LogP contribution in [0.1, 0.15) is 17.5 Å². The molecular formula is C17H18N2O3. The molecule has 0 unspecified atom stereocenters. The van der Waals surface area contributed by atoms with Crippen molar-refractivity contribution in [2.75, 3.05) is 13.2 Å². The quantitative estimate of drug-likeness (QED) is 0.935. The van der Waals surface area contributed by atoms with Crippen LogP contribution >= 0.6 is 0 Å². The first-order valence-electron chi connectivity index (χ1n) is 7.39. The summed E-state index contributed by atoms with van der Waals surface area (Å²) in [4.78, 5) is 28.1. The largest absolute Gasteiger partial charge is 0.487 e. The number of aromatic amines is 1. The number of carbonyl (C=O) groups excluding carboxylic acids is 1. The van der Waals surface area contributed by atoms with Crippen molar-refractivity contribution in [3.63, 3.8) is 0 Å².